The number of benzene rings is 1. The molecule has 0 amide bonds. The van der Waals surface area contributed by atoms with Gasteiger partial charge in [0.2, 0.25) is 0 Å². The second-order valence-corrected chi connectivity index (χ2v) is 5.39. The molecule has 0 fully saturated rings. The van der Waals surface area contributed by atoms with Crippen LogP contribution in [0.5, 0.6) is 0 Å². The summed E-state index contributed by atoms with van der Waals surface area (Å²) >= 11 is 0. The Morgan fingerprint density at radius 1 is 1.33 bits per heavy atom. The Labute approximate surface area is 109 Å². The molecule has 1 N–H and O–H groups in total. The van der Waals surface area contributed by atoms with Gasteiger partial charge < -0.3 is 5.11 Å². The van der Waals surface area contributed by atoms with Crippen molar-refractivity contribution in [1.82, 2.24) is 4.90 Å². The minimum atomic E-state index is -0.764. The van der Waals surface area contributed by atoms with Crippen LogP contribution >= 0.6 is 0 Å². The first-order valence-electron chi connectivity index (χ1n) is 6.38. The van der Waals surface area contributed by atoms with Crippen LogP contribution in [0.2, 0.25) is 0 Å². The van der Waals surface area contributed by atoms with Crippen LogP contribution in [-0.4, -0.2) is 29.1 Å². The molecule has 0 unspecified atom stereocenters. The summed E-state index contributed by atoms with van der Waals surface area (Å²) in [6.45, 7) is 9.98. The van der Waals surface area contributed by atoms with Gasteiger partial charge in [-0.15, -0.1) is 0 Å². The highest BCUT2D eigenvalue weighted by Crippen LogP contribution is 2.14. The summed E-state index contributed by atoms with van der Waals surface area (Å²) in [6.07, 6.45) is 0. The number of carboxylic acids is 1. The molecule has 0 atom stereocenters. The smallest absolute Gasteiger partial charge is 0.317 e. The van der Waals surface area contributed by atoms with E-state index in [9.17, 15) is 4.79 Å². The summed E-state index contributed by atoms with van der Waals surface area (Å²) in [7, 11) is 0. The van der Waals surface area contributed by atoms with Gasteiger partial charge in [0.05, 0.1) is 6.54 Å². The van der Waals surface area contributed by atoms with Gasteiger partial charge in [0, 0.05) is 13.1 Å². The van der Waals surface area contributed by atoms with E-state index in [-0.39, 0.29) is 6.54 Å². The number of aryl methyl sites for hydroxylation is 2. The molecule has 0 heterocycles. The van der Waals surface area contributed by atoms with Crippen molar-refractivity contribution >= 4 is 5.97 Å². The Bertz CT molecular complexity index is 413. The molecule has 1 rings (SSSR count). The van der Waals surface area contributed by atoms with Gasteiger partial charge in [-0.05, 0) is 30.9 Å². The fourth-order valence-corrected chi connectivity index (χ4v) is 2.16. The maximum absolute atomic E-state index is 10.9. The van der Waals surface area contributed by atoms with Gasteiger partial charge in [-0.2, -0.15) is 0 Å². The van der Waals surface area contributed by atoms with Crippen LogP contribution < -0.4 is 0 Å². The second-order valence-electron chi connectivity index (χ2n) is 5.39. The first-order chi connectivity index (χ1) is 8.38. The van der Waals surface area contributed by atoms with E-state index in [1.54, 1.807) is 0 Å². The average molecular weight is 249 g/mol. The van der Waals surface area contributed by atoms with Crippen molar-refractivity contribution in [3.8, 4) is 0 Å². The van der Waals surface area contributed by atoms with Crippen molar-refractivity contribution in [2.75, 3.05) is 13.1 Å². The van der Waals surface area contributed by atoms with Crippen molar-refractivity contribution in [1.29, 1.82) is 0 Å². The Kier molecular flexibility index (Phi) is 5.35. The van der Waals surface area contributed by atoms with Gasteiger partial charge in [-0.1, -0.05) is 37.6 Å². The molecule has 3 nitrogen and oxygen atoms in total. The van der Waals surface area contributed by atoms with Crippen molar-refractivity contribution in [3.63, 3.8) is 0 Å². The Balaban J connectivity index is 2.78. The van der Waals surface area contributed by atoms with E-state index in [1.165, 1.54) is 16.7 Å². The molecule has 100 valence electrons. The first kappa shape index (κ1) is 14.7. The SMILES string of the molecule is Cc1ccc(CN(CC(=O)O)CC(C)C)c(C)c1. The quantitative estimate of drug-likeness (QED) is 0.842. The van der Waals surface area contributed by atoms with Crippen molar-refractivity contribution in [2.24, 2.45) is 5.92 Å². The minimum Gasteiger partial charge on any atom is -0.480 e. The normalized spacial score (nSPS) is 11.2. The summed E-state index contributed by atoms with van der Waals surface area (Å²) in [6, 6.07) is 6.32. The zero-order chi connectivity index (χ0) is 13.7. The van der Waals surface area contributed by atoms with Crippen LogP contribution in [0.3, 0.4) is 0 Å². The standard InChI is InChI=1S/C15H23NO2/c1-11(2)8-16(10-15(17)18)9-14-6-5-12(3)7-13(14)4/h5-7,11H,8-10H2,1-4H3,(H,17,18). The molecular weight excluding hydrogens is 226 g/mol. The second kappa shape index (κ2) is 6.55. The molecule has 0 aliphatic rings. The lowest BCUT2D eigenvalue weighted by atomic mass is 10.0. The van der Waals surface area contributed by atoms with Crippen LogP contribution in [0.1, 0.15) is 30.5 Å². The van der Waals surface area contributed by atoms with E-state index in [2.05, 4.69) is 45.9 Å². The predicted molar refractivity (Wildman–Crippen MR) is 73.7 cm³/mol. The molecule has 0 aromatic heterocycles. The molecule has 0 saturated heterocycles. The molecule has 0 bridgehead atoms. The van der Waals surface area contributed by atoms with Gasteiger partial charge in [0.1, 0.15) is 0 Å². The fourth-order valence-electron chi connectivity index (χ4n) is 2.16. The van der Waals surface area contributed by atoms with E-state index in [0.717, 1.165) is 6.54 Å². The highest BCUT2D eigenvalue weighted by molar-refractivity contribution is 5.69. The number of carbonyl (C=O) groups is 1. The predicted octanol–water partition coefficient (Wildman–Crippen LogP) is 2.85. The molecule has 0 spiro atoms. The van der Waals surface area contributed by atoms with Gasteiger partial charge in [-0.25, -0.2) is 0 Å². The largest absolute Gasteiger partial charge is 0.480 e. The molecule has 0 radical (unpaired) electrons. The first-order valence-corrected chi connectivity index (χ1v) is 6.38. The van der Waals surface area contributed by atoms with Gasteiger partial charge in [0.15, 0.2) is 0 Å². The highest BCUT2D eigenvalue weighted by Gasteiger charge is 2.13. The zero-order valence-electron chi connectivity index (χ0n) is 11.7. The van der Waals surface area contributed by atoms with E-state index < -0.39 is 5.97 Å². The molecule has 18 heavy (non-hydrogen) atoms. The zero-order valence-corrected chi connectivity index (χ0v) is 11.7. The lowest BCUT2D eigenvalue weighted by Crippen LogP contribution is -2.32. The molecule has 3 heteroatoms. The molecule has 1 aromatic carbocycles. The molecule has 0 aliphatic heterocycles. The van der Waals surface area contributed by atoms with Crippen LogP contribution in [0.15, 0.2) is 18.2 Å². The third-order valence-corrected chi connectivity index (χ3v) is 2.87. The summed E-state index contributed by atoms with van der Waals surface area (Å²) in [5, 5.41) is 8.95. The Hall–Kier alpha value is -1.35. The Morgan fingerprint density at radius 3 is 2.50 bits per heavy atom. The van der Waals surface area contributed by atoms with Crippen LogP contribution in [-0.2, 0) is 11.3 Å². The lowest BCUT2D eigenvalue weighted by Gasteiger charge is -2.23. The summed E-state index contributed by atoms with van der Waals surface area (Å²) in [5.41, 5.74) is 3.68. The number of rotatable bonds is 6. The van der Waals surface area contributed by atoms with Crippen molar-refractivity contribution in [2.45, 2.75) is 34.2 Å². The summed E-state index contributed by atoms with van der Waals surface area (Å²) in [5.74, 6) is -0.296. The Morgan fingerprint density at radius 2 is 2.00 bits per heavy atom. The highest BCUT2D eigenvalue weighted by atomic mass is 16.4. The van der Waals surface area contributed by atoms with Crippen LogP contribution in [0, 0.1) is 19.8 Å². The third-order valence-electron chi connectivity index (χ3n) is 2.87. The van der Waals surface area contributed by atoms with Crippen LogP contribution in [0.4, 0.5) is 0 Å². The van der Waals surface area contributed by atoms with Gasteiger partial charge >= 0.3 is 5.97 Å². The fraction of sp³-hybridized carbons (Fsp3) is 0.533. The summed E-state index contributed by atoms with van der Waals surface area (Å²) < 4.78 is 0. The van der Waals surface area contributed by atoms with E-state index >= 15 is 0 Å². The number of aliphatic carboxylic acids is 1. The molecular formula is C15H23NO2. The maximum Gasteiger partial charge on any atom is 0.317 e. The number of hydrogen-bond acceptors (Lipinski definition) is 2. The van der Waals surface area contributed by atoms with E-state index in [4.69, 9.17) is 5.11 Å². The van der Waals surface area contributed by atoms with Gasteiger partial charge in [-0.3, -0.25) is 9.69 Å². The monoisotopic (exact) mass is 249 g/mol. The molecule has 0 aliphatic carbocycles. The molecule has 0 saturated carbocycles. The number of hydrogen-bond donors (Lipinski definition) is 1. The minimum absolute atomic E-state index is 0.103. The number of carboxylic acid groups (broad SMARTS) is 1. The van der Waals surface area contributed by atoms with E-state index in [0.29, 0.717) is 12.5 Å². The van der Waals surface area contributed by atoms with Crippen molar-refractivity contribution < 1.29 is 9.90 Å². The average Bonchev–Trinajstić information content (AvgIpc) is 2.20. The van der Waals surface area contributed by atoms with Gasteiger partial charge in [0.25, 0.3) is 0 Å². The maximum atomic E-state index is 10.9. The topological polar surface area (TPSA) is 40.5 Å². The van der Waals surface area contributed by atoms with E-state index in [1.807, 2.05) is 4.90 Å². The van der Waals surface area contributed by atoms with Crippen molar-refractivity contribution in [3.05, 3.63) is 34.9 Å². The summed E-state index contributed by atoms with van der Waals surface area (Å²) in [4.78, 5) is 12.9. The molecule has 1 aromatic rings. The van der Waals surface area contributed by atoms with Crippen LogP contribution in [0.25, 0.3) is 0 Å². The third kappa shape index (κ3) is 4.88. The number of nitrogens with zero attached hydrogens (tertiary/aromatic N) is 1. The lowest BCUT2D eigenvalue weighted by molar-refractivity contribution is -0.138.